The van der Waals surface area contributed by atoms with Crippen molar-refractivity contribution < 1.29 is 5.11 Å². The van der Waals surface area contributed by atoms with Gasteiger partial charge in [0.25, 0.3) is 0 Å². The zero-order valence-electron chi connectivity index (χ0n) is 12.6. The van der Waals surface area contributed by atoms with Gasteiger partial charge < -0.3 is 14.9 Å². The van der Waals surface area contributed by atoms with Crippen LogP contribution in [0.4, 0.5) is 5.13 Å². The summed E-state index contributed by atoms with van der Waals surface area (Å²) in [5.74, 6) is 0. The molecule has 0 spiro atoms. The fraction of sp³-hybridized carbons (Fsp3) is 0.786. The molecular weight excluding hydrogens is 258 g/mol. The maximum Gasteiger partial charge on any atom is 0.185 e. The van der Waals surface area contributed by atoms with E-state index >= 15 is 0 Å². The molecule has 1 heterocycles. The second kappa shape index (κ2) is 8.51. The predicted molar refractivity (Wildman–Crippen MR) is 83.1 cm³/mol. The van der Waals surface area contributed by atoms with Gasteiger partial charge in [-0.2, -0.15) is 0 Å². The van der Waals surface area contributed by atoms with Crippen molar-refractivity contribution in [3.63, 3.8) is 0 Å². The number of anilines is 1. The number of hydrogen-bond donors (Lipinski definition) is 1. The van der Waals surface area contributed by atoms with Gasteiger partial charge in [-0.3, -0.25) is 0 Å². The third kappa shape index (κ3) is 5.09. The second-order valence-electron chi connectivity index (χ2n) is 5.06. The molecule has 19 heavy (non-hydrogen) atoms. The van der Waals surface area contributed by atoms with Crippen LogP contribution in [0.5, 0.6) is 0 Å². The van der Waals surface area contributed by atoms with Gasteiger partial charge in [-0.05, 0) is 26.9 Å². The molecule has 0 aliphatic heterocycles. The highest BCUT2D eigenvalue weighted by Crippen LogP contribution is 2.27. The summed E-state index contributed by atoms with van der Waals surface area (Å²) in [6.45, 7) is 7.49. The number of rotatable bonds is 9. The first kappa shape index (κ1) is 16.4. The quantitative estimate of drug-likeness (QED) is 0.756. The molecule has 0 unspecified atom stereocenters. The topological polar surface area (TPSA) is 39.6 Å². The molecule has 1 rings (SSSR count). The standard InChI is InChI=1S/C14H27N3OS/c1-5-7-12-13(11-18)19-14(15-12)17(8-6-2)10-9-16(3)4/h18H,5-11H2,1-4H3. The Bertz CT molecular complexity index is 366. The summed E-state index contributed by atoms with van der Waals surface area (Å²) in [6, 6.07) is 0. The largest absolute Gasteiger partial charge is 0.391 e. The van der Waals surface area contributed by atoms with E-state index in [-0.39, 0.29) is 6.61 Å². The van der Waals surface area contributed by atoms with Crippen LogP contribution in [0, 0.1) is 0 Å². The number of aromatic nitrogens is 1. The molecular formula is C14H27N3OS. The van der Waals surface area contributed by atoms with E-state index in [0.29, 0.717) is 0 Å². The van der Waals surface area contributed by atoms with Gasteiger partial charge in [0.1, 0.15) is 0 Å². The molecule has 4 nitrogen and oxygen atoms in total. The van der Waals surface area contributed by atoms with Crippen LogP contribution in [0.2, 0.25) is 0 Å². The van der Waals surface area contributed by atoms with Crippen molar-refractivity contribution in [2.45, 2.75) is 39.7 Å². The minimum absolute atomic E-state index is 0.112. The van der Waals surface area contributed by atoms with Crippen molar-refractivity contribution in [3.8, 4) is 0 Å². The van der Waals surface area contributed by atoms with Crippen LogP contribution in [0.15, 0.2) is 0 Å². The highest BCUT2D eigenvalue weighted by atomic mass is 32.1. The SMILES string of the molecule is CCCc1nc(N(CCC)CCN(C)C)sc1CO. The monoisotopic (exact) mass is 285 g/mol. The summed E-state index contributed by atoms with van der Waals surface area (Å²) in [7, 11) is 4.18. The fourth-order valence-corrected chi connectivity index (χ4v) is 2.97. The van der Waals surface area contributed by atoms with Gasteiger partial charge >= 0.3 is 0 Å². The first-order chi connectivity index (χ1) is 9.12. The lowest BCUT2D eigenvalue weighted by molar-refractivity contribution is 0.284. The average Bonchev–Trinajstić information content (AvgIpc) is 2.77. The van der Waals surface area contributed by atoms with Gasteiger partial charge in [-0.1, -0.05) is 31.6 Å². The average molecular weight is 285 g/mol. The Kier molecular flexibility index (Phi) is 7.34. The van der Waals surface area contributed by atoms with Crippen LogP contribution in [0.3, 0.4) is 0 Å². The van der Waals surface area contributed by atoms with E-state index in [9.17, 15) is 5.11 Å². The van der Waals surface area contributed by atoms with Gasteiger partial charge in [0.15, 0.2) is 5.13 Å². The molecule has 0 saturated heterocycles. The van der Waals surface area contributed by atoms with Gasteiger partial charge in [0.2, 0.25) is 0 Å². The van der Waals surface area contributed by atoms with Crippen molar-refractivity contribution in [1.82, 2.24) is 9.88 Å². The van der Waals surface area contributed by atoms with E-state index in [1.54, 1.807) is 11.3 Å². The predicted octanol–water partition coefficient (Wildman–Crippen LogP) is 2.37. The molecule has 0 aliphatic carbocycles. The molecule has 0 atom stereocenters. The maximum absolute atomic E-state index is 9.43. The summed E-state index contributed by atoms with van der Waals surface area (Å²) in [6.07, 6.45) is 3.15. The third-order valence-corrected chi connectivity index (χ3v) is 4.12. The molecule has 0 bridgehead atoms. The van der Waals surface area contributed by atoms with Gasteiger partial charge in [-0.25, -0.2) is 4.98 Å². The highest BCUT2D eigenvalue weighted by Gasteiger charge is 2.15. The number of aliphatic hydroxyl groups excluding tert-OH is 1. The minimum Gasteiger partial charge on any atom is -0.391 e. The highest BCUT2D eigenvalue weighted by molar-refractivity contribution is 7.15. The first-order valence-corrected chi connectivity index (χ1v) is 7.93. The van der Waals surface area contributed by atoms with Gasteiger partial charge in [0.05, 0.1) is 17.2 Å². The number of thiazole rings is 1. The van der Waals surface area contributed by atoms with E-state index in [1.807, 2.05) is 0 Å². The van der Waals surface area contributed by atoms with Crippen LogP contribution in [0.25, 0.3) is 0 Å². The van der Waals surface area contributed by atoms with Crippen molar-refractivity contribution in [3.05, 3.63) is 10.6 Å². The smallest absolute Gasteiger partial charge is 0.185 e. The summed E-state index contributed by atoms with van der Waals surface area (Å²) in [4.78, 5) is 10.3. The summed E-state index contributed by atoms with van der Waals surface area (Å²) in [5, 5.41) is 10.5. The maximum atomic E-state index is 9.43. The van der Waals surface area contributed by atoms with Crippen molar-refractivity contribution in [2.24, 2.45) is 0 Å². The van der Waals surface area contributed by atoms with Crippen molar-refractivity contribution in [1.29, 1.82) is 0 Å². The summed E-state index contributed by atoms with van der Waals surface area (Å²) >= 11 is 1.65. The lowest BCUT2D eigenvalue weighted by Crippen LogP contribution is -2.32. The molecule has 110 valence electrons. The number of aryl methyl sites for hydroxylation is 1. The van der Waals surface area contributed by atoms with Crippen LogP contribution < -0.4 is 4.90 Å². The summed E-state index contributed by atoms with van der Waals surface area (Å²) in [5.41, 5.74) is 1.08. The van der Waals surface area contributed by atoms with Crippen LogP contribution in [-0.2, 0) is 13.0 Å². The van der Waals surface area contributed by atoms with E-state index in [1.165, 1.54) is 0 Å². The van der Waals surface area contributed by atoms with Crippen LogP contribution in [-0.4, -0.2) is 48.7 Å². The van der Waals surface area contributed by atoms with Gasteiger partial charge in [0, 0.05) is 19.6 Å². The van der Waals surface area contributed by atoms with E-state index in [4.69, 9.17) is 4.98 Å². The molecule has 0 aromatic carbocycles. The Labute approximate surface area is 121 Å². The van der Waals surface area contributed by atoms with Crippen molar-refractivity contribution in [2.75, 3.05) is 38.6 Å². The molecule has 0 fully saturated rings. The Morgan fingerprint density at radius 3 is 2.37 bits per heavy atom. The number of hydrogen-bond acceptors (Lipinski definition) is 5. The Morgan fingerprint density at radius 1 is 1.11 bits per heavy atom. The third-order valence-electron chi connectivity index (χ3n) is 2.98. The molecule has 0 saturated carbocycles. The molecule has 0 amide bonds. The molecule has 1 aromatic heterocycles. The molecule has 0 radical (unpaired) electrons. The number of likely N-dealkylation sites (N-methyl/N-ethyl adjacent to an activating group) is 1. The zero-order chi connectivity index (χ0) is 14.3. The van der Waals surface area contributed by atoms with Gasteiger partial charge in [-0.15, -0.1) is 0 Å². The molecule has 5 heteroatoms. The minimum atomic E-state index is 0.112. The van der Waals surface area contributed by atoms with E-state index in [2.05, 4.69) is 37.7 Å². The lowest BCUT2D eigenvalue weighted by Gasteiger charge is -2.23. The molecule has 0 aliphatic rings. The number of nitrogens with zero attached hydrogens (tertiary/aromatic N) is 3. The Morgan fingerprint density at radius 2 is 1.84 bits per heavy atom. The Hall–Kier alpha value is -0.650. The molecule has 1 N–H and O–H groups in total. The van der Waals surface area contributed by atoms with E-state index in [0.717, 1.165) is 54.6 Å². The normalized spacial score (nSPS) is 11.3. The zero-order valence-corrected chi connectivity index (χ0v) is 13.5. The lowest BCUT2D eigenvalue weighted by atomic mass is 10.2. The Balaban J connectivity index is 2.82. The summed E-state index contributed by atoms with van der Waals surface area (Å²) < 4.78 is 0. The fourth-order valence-electron chi connectivity index (χ4n) is 1.95. The van der Waals surface area contributed by atoms with Crippen LogP contribution >= 0.6 is 11.3 Å². The van der Waals surface area contributed by atoms with Crippen molar-refractivity contribution >= 4 is 16.5 Å². The second-order valence-corrected chi connectivity index (χ2v) is 6.13. The van der Waals surface area contributed by atoms with Crippen LogP contribution in [0.1, 0.15) is 37.3 Å². The number of aliphatic hydroxyl groups is 1. The van der Waals surface area contributed by atoms with E-state index < -0.39 is 0 Å². The molecule has 1 aromatic rings. The first-order valence-electron chi connectivity index (χ1n) is 7.11.